The first-order valence-corrected chi connectivity index (χ1v) is 11.9. The lowest BCUT2D eigenvalue weighted by atomic mass is 9.60. The summed E-state index contributed by atoms with van der Waals surface area (Å²) in [4.78, 5) is 4.65. The van der Waals surface area contributed by atoms with Crippen LogP contribution in [0.2, 0.25) is 0 Å². The molecule has 2 nitrogen and oxygen atoms in total. The van der Waals surface area contributed by atoms with Crippen LogP contribution in [0.3, 0.4) is 0 Å². The molecule has 5 atom stereocenters. The van der Waals surface area contributed by atoms with E-state index in [2.05, 4.69) is 34.6 Å². The number of benzene rings is 1. The van der Waals surface area contributed by atoms with E-state index >= 15 is 0 Å². The lowest BCUT2D eigenvalue weighted by Crippen LogP contribution is -2.45. The number of nitrogens with zero attached hydrogens (tertiary/aromatic N) is 2. The highest BCUT2D eigenvalue weighted by atomic mass is 32.2. The molecule has 2 heterocycles. The Morgan fingerprint density at radius 2 is 2.00 bits per heavy atom. The van der Waals surface area contributed by atoms with Crippen LogP contribution >= 0.6 is 11.9 Å². The van der Waals surface area contributed by atoms with Gasteiger partial charge in [-0.1, -0.05) is 55.5 Å². The smallest absolute Gasteiger partial charge is 0.123 e. The second kappa shape index (κ2) is 8.23. The molecule has 1 aliphatic heterocycles. The van der Waals surface area contributed by atoms with Crippen molar-refractivity contribution in [3.8, 4) is 11.1 Å². The first-order valence-electron chi connectivity index (χ1n) is 10.9. The van der Waals surface area contributed by atoms with E-state index in [-0.39, 0.29) is 5.82 Å². The normalized spacial score (nSPS) is 32.3. The molecular formula is C25H29FN2S. The van der Waals surface area contributed by atoms with Crippen LogP contribution in [0.5, 0.6) is 0 Å². The van der Waals surface area contributed by atoms with Crippen molar-refractivity contribution in [2.45, 2.75) is 38.1 Å². The molecule has 0 spiro atoms. The van der Waals surface area contributed by atoms with Gasteiger partial charge in [-0.25, -0.2) is 4.39 Å². The minimum atomic E-state index is -0.209. The molecule has 3 aliphatic rings. The molecular weight excluding hydrogens is 379 g/mol. The summed E-state index contributed by atoms with van der Waals surface area (Å²) in [6, 6.07) is 11.6. The van der Waals surface area contributed by atoms with Crippen molar-refractivity contribution >= 4 is 18.0 Å². The molecule has 1 saturated heterocycles. The van der Waals surface area contributed by atoms with Crippen LogP contribution < -0.4 is 0 Å². The molecule has 29 heavy (non-hydrogen) atoms. The summed E-state index contributed by atoms with van der Waals surface area (Å²) in [5.41, 5.74) is 2.83. The zero-order valence-corrected chi connectivity index (χ0v) is 17.8. The van der Waals surface area contributed by atoms with Crippen molar-refractivity contribution in [1.29, 1.82) is 0 Å². The minimum absolute atomic E-state index is 0.209. The van der Waals surface area contributed by atoms with Crippen molar-refractivity contribution < 1.29 is 4.39 Å². The molecule has 5 rings (SSSR count). The van der Waals surface area contributed by atoms with E-state index < -0.39 is 0 Å². The van der Waals surface area contributed by atoms with Gasteiger partial charge in [-0.2, -0.15) is 0 Å². The number of rotatable bonds is 3. The van der Waals surface area contributed by atoms with Gasteiger partial charge < -0.3 is 0 Å². The van der Waals surface area contributed by atoms with E-state index in [1.807, 2.05) is 30.3 Å². The topological polar surface area (TPSA) is 16.1 Å². The summed E-state index contributed by atoms with van der Waals surface area (Å²) in [5, 5.41) is 0. The zero-order chi connectivity index (χ0) is 19.8. The molecule has 0 N–H and O–H groups in total. The van der Waals surface area contributed by atoms with Crippen molar-refractivity contribution in [2.24, 2.45) is 23.7 Å². The van der Waals surface area contributed by atoms with Crippen LogP contribution in [0.4, 0.5) is 4.39 Å². The molecule has 1 aromatic carbocycles. The maximum atomic E-state index is 13.5. The maximum Gasteiger partial charge on any atom is 0.123 e. The Kier molecular flexibility index (Phi) is 5.49. The fourth-order valence-corrected chi connectivity index (χ4v) is 7.16. The quantitative estimate of drug-likeness (QED) is 0.554. The van der Waals surface area contributed by atoms with Crippen LogP contribution in [0.25, 0.3) is 17.2 Å². The Labute approximate surface area is 177 Å². The van der Waals surface area contributed by atoms with E-state index in [1.54, 1.807) is 12.1 Å². The lowest BCUT2D eigenvalue weighted by Gasteiger charge is -2.47. The molecule has 2 aliphatic carbocycles. The van der Waals surface area contributed by atoms with Gasteiger partial charge in [0.15, 0.2) is 0 Å². The van der Waals surface area contributed by atoms with E-state index in [0.29, 0.717) is 5.92 Å². The van der Waals surface area contributed by atoms with E-state index in [0.717, 1.165) is 40.6 Å². The third kappa shape index (κ3) is 3.89. The zero-order valence-electron chi connectivity index (χ0n) is 17.0. The number of hydrogen-bond acceptors (Lipinski definition) is 3. The highest BCUT2D eigenvalue weighted by Crippen LogP contribution is 2.52. The molecule has 0 bridgehead atoms. The van der Waals surface area contributed by atoms with Gasteiger partial charge in [-0.05, 0) is 73.4 Å². The molecule has 0 amide bonds. The minimum Gasteiger partial charge on any atom is -0.256 e. The van der Waals surface area contributed by atoms with Gasteiger partial charge in [-0.15, -0.1) is 0 Å². The third-order valence-electron chi connectivity index (χ3n) is 7.37. The van der Waals surface area contributed by atoms with Crippen molar-refractivity contribution in [3.05, 3.63) is 60.2 Å². The number of pyridine rings is 1. The average molecular weight is 409 g/mol. The van der Waals surface area contributed by atoms with Crippen molar-refractivity contribution in [3.63, 3.8) is 0 Å². The fourth-order valence-electron chi connectivity index (χ4n) is 5.87. The molecule has 5 unspecified atom stereocenters. The SMILES string of the molecule is CN1SCC2C(/C=C/c3ccc(-c4cccc(F)c4)cn3)C3CCCCC3CC21. The third-order valence-corrected chi connectivity index (χ3v) is 8.58. The second-order valence-corrected chi connectivity index (χ2v) is 10.1. The van der Waals surface area contributed by atoms with E-state index in [9.17, 15) is 4.39 Å². The van der Waals surface area contributed by atoms with Crippen LogP contribution in [0, 0.1) is 29.5 Å². The van der Waals surface area contributed by atoms with Gasteiger partial charge in [0.1, 0.15) is 5.82 Å². The summed E-state index contributed by atoms with van der Waals surface area (Å²) in [7, 11) is 2.28. The van der Waals surface area contributed by atoms with Gasteiger partial charge >= 0.3 is 0 Å². The van der Waals surface area contributed by atoms with E-state index in [4.69, 9.17) is 0 Å². The Balaban J connectivity index is 1.36. The lowest BCUT2D eigenvalue weighted by molar-refractivity contribution is 0.0536. The van der Waals surface area contributed by atoms with Crippen LogP contribution in [-0.2, 0) is 0 Å². The first-order chi connectivity index (χ1) is 14.2. The Morgan fingerprint density at radius 3 is 2.83 bits per heavy atom. The molecule has 2 aromatic rings. The molecule has 0 radical (unpaired) electrons. The Morgan fingerprint density at radius 1 is 1.10 bits per heavy atom. The van der Waals surface area contributed by atoms with E-state index in [1.165, 1.54) is 43.9 Å². The molecule has 2 saturated carbocycles. The predicted molar refractivity (Wildman–Crippen MR) is 120 cm³/mol. The number of fused-ring (bicyclic) bond motifs is 2. The number of allylic oxidation sites excluding steroid dienone is 1. The van der Waals surface area contributed by atoms with Gasteiger partial charge in [0.05, 0.1) is 5.69 Å². The number of hydrogen-bond donors (Lipinski definition) is 0. The standard InChI is InChI=1S/C25H29FN2S/c1-28-25-14-18-5-2-3-8-22(18)23(24(25)16-29-28)12-11-21-10-9-19(15-27-21)17-6-4-7-20(26)13-17/h4,6-7,9-13,15,18,22-25H,2-3,5,8,14,16H2,1H3/b12-11+. The highest BCUT2D eigenvalue weighted by molar-refractivity contribution is 7.97. The van der Waals surface area contributed by atoms with Crippen LogP contribution in [0.1, 0.15) is 37.8 Å². The monoisotopic (exact) mass is 408 g/mol. The Bertz CT molecular complexity index is 877. The summed E-state index contributed by atoms with van der Waals surface area (Å²) >= 11 is 2.03. The van der Waals surface area contributed by atoms with Gasteiger partial charge in [0.2, 0.25) is 0 Å². The first kappa shape index (κ1) is 19.3. The fraction of sp³-hybridized carbons (Fsp3) is 0.480. The summed E-state index contributed by atoms with van der Waals surface area (Å²) in [6.07, 6.45) is 13.6. The number of halogens is 1. The summed E-state index contributed by atoms with van der Waals surface area (Å²) in [6.45, 7) is 0. The number of aromatic nitrogens is 1. The van der Waals surface area contributed by atoms with Gasteiger partial charge in [0, 0.05) is 23.6 Å². The predicted octanol–water partition coefficient (Wildman–Crippen LogP) is 6.31. The van der Waals surface area contributed by atoms with Gasteiger partial charge in [0.25, 0.3) is 0 Å². The molecule has 3 fully saturated rings. The molecule has 4 heteroatoms. The highest BCUT2D eigenvalue weighted by Gasteiger charge is 2.48. The van der Waals surface area contributed by atoms with Crippen LogP contribution in [0.15, 0.2) is 48.7 Å². The second-order valence-electron chi connectivity index (χ2n) is 8.94. The largest absolute Gasteiger partial charge is 0.256 e. The molecule has 152 valence electrons. The maximum absolute atomic E-state index is 13.5. The van der Waals surface area contributed by atoms with Crippen molar-refractivity contribution in [1.82, 2.24) is 9.29 Å². The molecule has 1 aromatic heterocycles. The summed E-state index contributed by atoms with van der Waals surface area (Å²) < 4.78 is 16.0. The average Bonchev–Trinajstić information content (AvgIpc) is 3.12. The van der Waals surface area contributed by atoms with Crippen molar-refractivity contribution in [2.75, 3.05) is 12.8 Å². The van der Waals surface area contributed by atoms with Crippen LogP contribution in [-0.4, -0.2) is 28.1 Å². The Hall–Kier alpha value is -1.65. The summed E-state index contributed by atoms with van der Waals surface area (Å²) in [5.74, 6) is 4.22. The van der Waals surface area contributed by atoms with Gasteiger partial charge in [-0.3, -0.25) is 9.29 Å².